The Morgan fingerprint density at radius 3 is 2.63 bits per heavy atom. The third kappa shape index (κ3) is 6.79. The van der Waals surface area contributed by atoms with Crippen molar-refractivity contribution < 1.29 is 23.9 Å². The Kier molecular flexibility index (Phi) is 8.81. The van der Waals surface area contributed by atoms with E-state index in [4.69, 9.17) is 9.47 Å². The number of benzene rings is 1. The Hall–Kier alpha value is -3.46. The van der Waals surface area contributed by atoms with Gasteiger partial charge >= 0.3 is 0 Å². The molecule has 3 atom stereocenters. The molecule has 1 aromatic carbocycles. The van der Waals surface area contributed by atoms with E-state index >= 15 is 0 Å². The van der Waals surface area contributed by atoms with Gasteiger partial charge < -0.3 is 24.6 Å². The van der Waals surface area contributed by atoms with Crippen LogP contribution in [-0.2, 0) is 20.7 Å². The van der Waals surface area contributed by atoms with E-state index in [1.807, 2.05) is 32.0 Å². The van der Waals surface area contributed by atoms with Gasteiger partial charge in [0.25, 0.3) is 5.91 Å². The highest BCUT2D eigenvalue weighted by molar-refractivity contribution is 5.99. The van der Waals surface area contributed by atoms with Gasteiger partial charge in [-0.2, -0.15) is 0 Å². The number of likely N-dealkylation sites (N-methyl/N-ethyl adjacent to an activating group) is 1. The summed E-state index contributed by atoms with van der Waals surface area (Å²) in [6, 6.07) is 10.2. The van der Waals surface area contributed by atoms with Crippen LogP contribution in [0, 0.1) is 5.92 Å². The summed E-state index contributed by atoms with van der Waals surface area (Å²) in [6.45, 7) is 6.32. The van der Waals surface area contributed by atoms with Gasteiger partial charge in [0.05, 0.1) is 24.1 Å². The molecule has 0 fully saturated rings. The third-order valence-corrected chi connectivity index (χ3v) is 6.14. The normalized spacial score (nSPS) is 21.3. The number of aromatic nitrogens is 1. The highest BCUT2D eigenvalue weighted by atomic mass is 16.5. The first-order valence-corrected chi connectivity index (χ1v) is 11.7. The van der Waals surface area contributed by atoms with Crippen molar-refractivity contribution in [2.75, 3.05) is 39.2 Å². The zero-order chi connectivity index (χ0) is 25.5. The van der Waals surface area contributed by atoms with Crippen LogP contribution in [0.3, 0.4) is 0 Å². The second-order valence-electron chi connectivity index (χ2n) is 9.03. The quantitative estimate of drug-likeness (QED) is 0.719. The van der Waals surface area contributed by atoms with Gasteiger partial charge in [0.2, 0.25) is 11.8 Å². The van der Waals surface area contributed by atoms with E-state index in [-0.39, 0.29) is 48.8 Å². The second kappa shape index (κ2) is 11.8. The number of amides is 3. The fourth-order valence-electron chi connectivity index (χ4n) is 4.16. The summed E-state index contributed by atoms with van der Waals surface area (Å²) >= 11 is 0. The van der Waals surface area contributed by atoms with Crippen molar-refractivity contribution in [2.24, 2.45) is 5.92 Å². The molecule has 188 valence electrons. The number of methoxy groups -OCH3 is 1. The largest absolute Gasteiger partial charge is 0.491 e. The molecule has 0 aliphatic carbocycles. The Morgan fingerprint density at radius 1 is 1.20 bits per heavy atom. The lowest BCUT2D eigenvalue weighted by Crippen LogP contribution is -2.49. The van der Waals surface area contributed by atoms with E-state index in [2.05, 4.69) is 10.3 Å². The van der Waals surface area contributed by atoms with Crippen LogP contribution >= 0.6 is 0 Å². The molecular formula is C26H34N4O5. The molecular weight excluding hydrogens is 448 g/mol. The summed E-state index contributed by atoms with van der Waals surface area (Å²) in [5, 5.41) is 2.71. The average molecular weight is 483 g/mol. The molecule has 0 spiro atoms. The molecule has 0 unspecified atom stereocenters. The van der Waals surface area contributed by atoms with Crippen LogP contribution < -0.4 is 10.1 Å². The summed E-state index contributed by atoms with van der Waals surface area (Å²) in [7, 11) is 3.31. The average Bonchev–Trinajstić information content (AvgIpc) is 2.83. The molecule has 0 radical (unpaired) electrons. The summed E-state index contributed by atoms with van der Waals surface area (Å²) in [5.74, 6) is -0.178. The van der Waals surface area contributed by atoms with E-state index in [1.54, 1.807) is 48.4 Å². The zero-order valence-corrected chi connectivity index (χ0v) is 21.0. The first kappa shape index (κ1) is 26.2. The van der Waals surface area contributed by atoms with Crippen molar-refractivity contribution in [3.05, 3.63) is 53.9 Å². The minimum Gasteiger partial charge on any atom is -0.491 e. The van der Waals surface area contributed by atoms with E-state index < -0.39 is 0 Å². The molecule has 3 amide bonds. The molecule has 1 aliphatic rings. The number of carbonyl (C=O) groups excluding carboxylic acids is 3. The summed E-state index contributed by atoms with van der Waals surface area (Å²) in [5.41, 5.74) is 1.54. The molecule has 35 heavy (non-hydrogen) atoms. The van der Waals surface area contributed by atoms with Crippen molar-refractivity contribution in [1.82, 2.24) is 14.8 Å². The summed E-state index contributed by atoms with van der Waals surface area (Å²) in [4.78, 5) is 45.9. The number of hydrogen-bond acceptors (Lipinski definition) is 6. The topological polar surface area (TPSA) is 101 Å². The van der Waals surface area contributed by atoms with E-state index in [0.717, 1.165) is 0 Å². The minimum absolute atomic E-state index is 0.0463. The van der Waals surface area contributed by atoms with Gasteiger partial charge in [0.1, 0.15) is 12.4 Å². The fraction of sp³-hybridized carbons (Fsp3) is 0.462. The number of carbonyl (C=O) groups is 3. The molecule has 1 aromatic heterocycles. The van der Waals surface area contributed by atoms with Crippen LogP contribution in [-0.4, -0.2) is 78.5 Å². The maximum atomic E-state index is 13.3. The molecule has 0 saturated heterocycles. The van der Waals surface area contributed by atoms with Crippen molar-refractivity contribution in [3.63, 3.8) is 0 Å². The number of nitrogens with one attached hydrogen (secondary N) is 1. The SMILES string of the molecule is CO[C@@H]1CN(C)C(=O)c2cc(NC(C)=O)ccc2OC[C@@H](C)N(C(=O)Cc2ccccn2)C[C@@H]1C. The van der Waals surface area contributed by atoms with Crippen molar-refractivity contribution >= 4 is 23.4 Å². The van der Waals surface area contributed by atoms with E-state index in [9.17, 15) is 14.4 Å². The predicted octanol–water partition coefficient (Wildman–Crippen LogP) is 2.62. The molecule has 2 heterocycles. The van der Waals surface area contributed by atoms with Gasteiger partial charge in [-0.15, -0.1) is 0 Å². The zero-order valence-electron chi connectivity index (χ0n) is 21.0. The Bertz CT molecular complexity index is 1050. The lowest BCUT2D eigenvalue weighted by atomic mass is 10.0. The first-order valence-electron chi connectivity index (χ1n) is 11.7. The minimum atomic E-state index is -0.288. The summed E-state index contributed by atoms with van der Waals surface area (Å²) in [6.07, 6.45) is 1.57. The maximum Gasteiger partial charge on any atom is 0.257 e. The smallest absolute Gasteiger partial charge is 0.257 e. The summed E-state index contributed by atoms with van der Waals surface area (Å²) < 4.78 is 11.8. The van der Waals surface area contributed by atoms with Gasteiger partial charge in [0.15, 0.2) is 0 Å². The highest BCUT2D eigenvalue weighted by Crippen LogP contribution is 2.26. The van der Waals surface area contributed by atoms with Crippen LogP contribution in [0.1, 0.15) is 36.8 Å². The third-order valence-electron chi connectivity index (χ3n) is 6.14. The van der Waals surface area contributed by atoms with Crippen molar-refractivity contribution in [2.45, 2.75) is 39.3 Å². The van der Waals surface area contributed by atoms with Crippen LogP contribution in [0.5, 0.6) is 5.75 Å². The van der Waals surface area contributed by atoms with Gasteiger partial charge in [-0.25, -0.2) is 0 Å². The molecule has 3 rings (SSSR count). The number of rotatable bonds is 4. The Morgan fingerprint density at radius 2 is 1.97 bits per heavy atom. The molecule has 1 aliphatic heterocycles. The number of nitrogens with zero attached hydrogens (tertiary/aromatic N) is 3. The maximum absolute atomic E-state index is 13.3. The molecule has 2 aromatic rings. The highest BCUT2D eigenvalue weighted by Gasteiger charge is 2.30. The van der Waals surface area contributed by atoms with Crippen molar-refractivity contribution in [3.8, 4) is 5.75 Å². The van der Waals surface area contributed by atoms with E-state index in [0.29, 0.717) is 35.8 Å². The predicted molar refractivity (Wildman–Crippen MR) is 132 cm³/mol. The van der Waals surface area contributed by atoms with E-state index in [1.165, 1.54) is 6.92 Å². The van der Waals surface area contributed by atoms with Crippen LogP contribution in [0.2, 0.25) is 0 Å². The van der Waals surface area contributed by atoms with Gasteiger partial charge in [-0.3, -0.25) is 19.4 Å². The number of hydrogen-bond donors (Lipinski definition) is 1. The van der Waals surface area contributed by atoms with Crippen LogP contribution in [0.25, 0.3) is 0 Å². The number of fused-ring (bicyclic) bond motifs is 1. The molecule has 0 saturated carbocycles. The fourth-order valence-corrected chi connectivity index (χ4v) is 4.16. The Balaban J connectivity index is 1.94. The Labute approximate surface area is 206 Å². The molecule has 0 bridgehead atoms. The number of pyridine rings is 1. The molecule has 9 heteroatoms. The van der Waals surface area contributed by atoms with Gasteiger partial charge in [-0.1, -0.05) is 13.0 Å². The monoisotopic (exact) mass is 482 g/mol. The van der Waals surface area contributed by atoms with Crippen LogP contribution in [0.15, 0.2) is 42.6 Å². The molecule has 9 nitrogen and oxygen atoms in total. The molecule has 1 N–H and O–H groups in total. The lowest BCUT2D eigenvalue weighted by Gasteiger charge is -2.36. The van der Waals surface area contributed by atoms with Crippen molar-refractivity contribution in [1.29, 1.82) is 0 Å². The van der Waals surface area contributed by atoms with Gasteiger partial charge in [-0.05, 0) is 37.3 Å². The number of anilines is 1. The standard InChI is InChI=1S/C26H34N4O5/c1-17-14-30(25(32)13-20-8-6-7-11-27-20)18(2)16-35-23-10-9-21(28-19(3)31)12-22(23)26(33)29(4)15-24(17)34-5/h6-12,17-18,24H,13-16H2,1-5H3,(H,28,31)/t17-,18+,24+/m0/s1. The first-order chi connectivity index (χ1) is 16.7. The number of ether oxygens (including phenoxy) is 2. The second-order valence-corrected chi connectivity index (χ2v) is 9.03. The van der Waals surface area contributed by atoms with Crippen LogP contribution in [0.4, 0.5) is 5.69 Å². The van der Waals surface area contributed by atoms with Gasteiger partial charge in [0, 0.05) is 57.7 Å². The lowest BCUT2D eigenvalue weighted by molar-refractivity contribution is -0.134.